The van der Waals surface area contributed by atoms with Crippen LogP contribution in [0, 0.1) is 11.6 Å². The number of hydrogen-bond acceptors (Lipinski definition) is 3. The normalized spacial score (nSPS) is 25.0. The Balaban J connectivity index is 1.98. The molecule has 2 rings (SSSR count). The molecule has 1 fully saturated rings. The van der Waals surface area contributed by atoms with Gasteiger partial charge in [-0.2, -0.15) is 0 Å². The van der Waals surface area contributed by atoms with Crippen molar-refractivity contribution in [3.63, 3.8) is 0 Å². The highest BCUT2D eigenvalue weighted by atomic mass is 19.2. The highest BCUT2D eigenvalue weighted by Gasteiger charge is 2.23. The summed E-state index contributed by atoms with van der Waals surface area (Å²) in [4.78, 5) is 2.32. The van der Waals surface area contributed by atoms with E-state index in [1.165, 1.54) is 0 Å². The van der Waals surface area contributed by atoms with Crippen molar-refractivity contribution in [1.29, 1.82) is 0 Å². The van der Waals surface area contributed by atoms with Crippen LogP contribution in [-0.4, -0.2) is 43.8 Å². The molecule has 0 aromatic heterocycles. The van der Waals surface area contributed by atoms with E-state index in [-0.39, 0.29) is 18.2 Å². The number of ether oxygens (including phenoxy) is 1. The Morgan fingerprint density at radius 3 is 2.57 bits per heavy atom. The lowest BCUT2D eigenvalue weighted by molar-refractivity contribution is -0.0685. The lowest BCUT2D eigenvalue weighted by Gasteiger charge is -2.36. The maximum absolute atomic E-state index is 13.9. The fourth-order valence-corrected chi connectivity index (χ4v) is 3.02. The number of rotatable bonds is 5. The molecule has 1 N–H and O–H groups in total. The van der Waals surface area contributed by atoms with Crippen LogP contribution in [0.5, 0.6) is 0 Å². The third kappa shape index (κ3) is 4.22. The van der Waals surface area contributed by atoms with E-state index >= 15 is 0 Å². The standard InChI is InChI=1S/C16H24F2N2O/c1-11-9-20(10-12(2)21-11)8-7-15(19-3)13-5-4-6-14(17)16(13)18/h4-6,11-12,15,19H,7-10H2,1-3H3/t11-,12+,15?. The van der Waals surface area contributed by atoms with E-state index in [0.29, 0.717) is 5.56 Å². The molecule has 1 aliphatic rings. The highest BCUT2D eigenvalue weighted by molar-refractivity contribution is 5.22. The largest absolute Gasteiger partial charge is 0.373 e. The minimum absolute atomic E-state index is 0.186. The van der Waals surface area contributed by atoms with Crippen molar-refractivity contribution < 1.29 is 13.5 Å². The van der Waals surface area contributed by atoms with Crippen LogP contribution < -0.4 is 5.32 Å². The van der Waals surface area contributed by atoms with Gasteiger partial charge in [0.2, 0.25) is 0 Å². The van der Waals surface area contributed by atoms with Crippen molar-refractivity contribution in [2.24, 2.45) is 0 Å². The topological polar surface area (TPSA) is 24.5 Å². The van der Waals surface area contributed by atoms with Crippen molar-refractivity contribution in [2.45, 2.75) is 38.5 Å². The molecule has 1 unspecified atom stereocenters. The fourth-order valence-electron chi connectivity index (χ4n) is 3.02. The van der Waals surface area contributed by atoms with Gasteiger partial charge in [0, 0.05) is 31.2 Å². The quantitative estimate of drug-likeness (QED) is 0.904. The fraction of sp³-hybridized carbons (Fsp3) is 0.625. The summed E-state index contributed by atoms with van der Waals surface area (Å²) in [6, 6.07) is 4.16. The summed E-state index contributed by atoms with van der Waals surface area (Å²) in [6.45, 7) is 6.72. The SMILES string of the molecule is CNC(CCN1C[C@@H](C)O[C@@H](C)C1)c1cccc(F)c1F. The Morgan fingerprint density at radius 1 is 1.29 bits per heavy atom. The first-order chi connectivity index (χ1) is 10.0. The Morgan fingerprint density at radius 2 is 1.95 bits per heavy atom. The van der Waals surface area contributed by atoms with Gasteiger partial charge in [-0.25, -0.2) is 8.78 Å². The number of hydrogen-bond donors (Lipinski definition) is 1. The molecule has 0 spiro atoms. The Bertz CT molecular complexity index is 460. The number of nitrogens with one attached hydrogen (secondary N) is 1. The molecule has 1 aromatic rings. The molecule has 1 aliphatic heterocycles. The molecule has 0 radical (unpaired) electrons. The molecule has 3 nitrogen and oxygen atoms in total. The van der Waals surface area contributed by atoms with Crippen LogP contribution in [0.1, 0.15) is 31.9 Å². The van der Waals surface area contributed by atoms with E-state index in [2.05, 4.69) is 24.1 Å². The third-order valence-electron chi connectivity index (χ3n) is 3.93. The van der Waals surface area contributed by atoms with Crippen LogP contribution in [0.2, 0.25) is 0 Å². The molecule has 1 heterocycles. The molecular weight excluding hydrogens is 274 g/mol. The van der Waals surface area contributed by atoms with Gasteiger partial charge in [-0.1, -0.05) is 12.1 Å². The van der Waals surface area contributed by atoms with E-state index in [1.54, 1.807) is 19.2 Å². The summed E-state index contributed by atoms with van der Waals surface area (Å²) in [5, 5.41) is 3.08. The second-order valence-electron chi connectivity index (χ2n) is 5.79. The molecule has 5 heteroatoms. The predicted octanol–water partition coefficient (Wildman–Crippen LogP) is 2.72. The van der Waals surface area contributed by atoms with E-state index in [9.17, 15) is 8.78 Å². The smallest absolute Gasteiger partial charge is 0.163 e. The average molecular weight is 298 g/mol. The van der Waals surface area contributed by atoms with E-state index in [4.69, 9.17) is 4.74 Å². The molecule has 118 valence electrons. The van der Waals surface area contributed by atoms with Crippen LogP contribution in [0.25, 0.3) is 0 Å². The van der Waals surface area contributed by atoms with Crippen LogP contribution in [0.15, 0.2) is 18.2 Å². The minimum atomic E-state index is -0.790. The van der Waals surface area contributed by atoms with Gasteiger partial charge in [0.15, 0.2) is 11.6 Å². The number of morpholine rings is 1. The van der Waals surface area contributed by atoms with Crippen LogP contribution in [0.3, 0.4) is 0 Å². The molecule has 3 atom stereocenters. The summed E-state index contributed by atoms with van der Waals surface area (Å²) in [7, 11) is 1.78. The summed E-state index contributed by atoms with van der Waals surface area (Å²) in [6.07, 6.45) is 1.16. The van der Waals surface area contributed by atoms with Gasteiger partial charge in [0.25, 0.3) is 0 Å². The van der Waals surface area contributed by atoms with Crippen molar-refractivity contribution in [3.8, 4) is 0 Å². The van der Waals surface area contributed by atoms with Crippen molar-refractivity contribution in [2.75, 3.05) is 26.7 Å². The first-order valence-corrected chi connectivity index (χ1v) is 7.50. The summed E-state index contributed by atoms with van der Waals surface area (Å²) < 4.78 is 32.9. The molecule has 0 aliphatic carbocycles. The van der Waals surface area contributed by atoms with Crippen LogP contribution in [0.4, 0.5) is 8.78 Å². The molecule has 0 amide bonds. The zero-order valence-corrected chi connectivity index (χ0v) is 12.9. The van der Waals surface area contributed by atoms with E-state index in [1.807, 2.05) is 0 Å². The minimum Gasteiger partial charge on any atom is -0.373 e. The van der Waals surface area contributed by atoms with Gasteiger partial charge >= 0.3 is 0 Å². The molecule has 1 saturated heterocycles. The van der Waals surface area contributed by atoms with Gasteiger partial charge in [-0.15, -0.1) is 0 Å². The Labute approximate surface area is 125 Å². The lowest BCUT2D eigenvalue weighted by Crippen LogP contribution is -2.46. The van der Waals surface area contributed by atoms with Gasteiger partial charge in [0.05, 0.1) is 12.2 Å². The van der Waals surface area contributed by atoms with Crippen molar-refractivity contribution >= 4 is 0 Å². The highest BCUT2D eigenvalue weighted by Crippen LogP contribution is 2.22. The van der Waals surface area contributed by atoms with Gasteiger partial charge in [-0.05, 0) is 33.4 Å². The summed E-state index contributed by atoms with van der Waals surface area (Å²) in [5.41, 5.74) is 0.395. The second-order valence-corrected chi connectivity index (χ2v) is 5.79. The Kier molecular flexibility index (Phi) is 5.67. The first-order valence-electron chi connectivity index (χ1n) is 7.50. The van der Waals surface area contributed by atoms with Gasteiger partial charge < -0.3 is 10.1 Å². The summed E-state index contributed by atoms with van der Waals surface area (Å²) in [5.74, 6) is -1.54. The maximum Gasteiger partial charge on any atom is 0.163 e. The molecular formula is C16H24F2N2O. The van der Waals surface area contributed by atoms with Crippen molar-refractivity contribution in [3.05, 3.63) is 35.4 Å². The van der Waals surface area contributed by atoms with Gasteiger partial charge in [0.1, 0.15) is 0 Å². The van der Waals surface area contributed by atoms with E-state index in [0.717, 1.165) is 32.1 Å². The third-order valence-corrected chi connectivity index (χ3v) is 3.93. The maximum atomic E-state index is 13.9. The van der Waals surface area contributed by atoms with Crippen molar-refractivity contribution in [1.82, 2.24) is 10.2 Å². The van der Waals surface area contributed by atoms with E-state index < -0.39 is 11.6 Å². The Hall–Kier alpha value is -1.04. The van der Waals surface area contributed by atoms with Gasteiger partial charge in [-0.3, -0.25) is 4.90 Å². The monoisotopic (exact) mass is 298 g/mol. The van der Waals surface area contributed by atoms with Crippen LogP contribution in [-0.2, 0) is 4.74 Å². The molecule has 1 aromatic carbocycles. The number of nitrogens with zero attached hydrogens (tertiary/aromatic N) is 1. The van der Waals surface area contributed by atoms with Crippen LogP contribution >= 0.6 is 0 Å². The second kappa shape index (κ2) is 7.29. The first kappa shape index (κ1) is 16.3. The zero-order valence-electron chi connectivity index (χ0n) is 12.9. The summed E-state index contributed by atoms with van der Waals surface area (Å²) >= 11 is 0. The lowest BCUT2D eigenvalue weighted by atomic mass is 10.0. The number of halogens is 2. The molecule has 0 bridgehead atoms. The number of benzene rings is 1. The molecule has 0 saturated carbocycles. The molecule has 21 heavy (non-hydrogen) atoms. The predicted molar refractivity (Wildman–Crippen MR) is 79.2 cm³/mol. The zero-order chi connectivity index (χ0) is 15.4. The average Bonchev–Trinajstić information content (AvgIpc) is 2.43.